The SMILES string of the molecule is NC(Cc1ccc(I)cc1)Cc1ccc(Cl)c(Cl)c1. The van der Waals surface area contributed by atoms with Crippen molar-refractivity contribution in [3.8, 4) is 0 Å². The first-order chi connectivity index (χ1) is 9.04. The van der Waals surface area contributed by atoms with Crippen LogP contribution in [0, 0.1) is 3.57 Å². The Morgan fingerprint density at radius 1 is 0.895 bits per heavy atom. The lowest BCUT2D eigenvalue weighted by Crippen LogP contribution is -2.25. The zero-order valence-corrected chi connectivity index (χ0v) is 13.9. The molecule has 19 heavy (non-hydrogen) atoms. The van der Waals surface area contributed by atoms with Gasteiger partial charge in [0, 0.05) is 9.61 Å². The smallest absolute Gasteiger partial charge is 0.0595 e. The van der Waals surface area contributed by atoms with Crippen LogP contribution in [-0.4, -0.2) is 6.04 Å². The van der Waals surface area contributed by atoms with Gasteiger partial charge < -0.3 is 5.73 Å². The molecule has 2 rings (SSSR count). The molecule has 0 aliphatic rings. The predicted octanol–water partition coefficient (Wildman–Crippen LogP) is 4.71. The molecule has 0 heterocycles. The van der Waals surface area contributed by atoms with E-state index in [-0.39, 0.29) is 6.04 Å². The fourth-order valence-corrected chi connectivity index (χ4v) is 2.65. The monoisotopic (exact) mass is 405 g/mol. The van der Waals surface area contributed by atoms with Crippen molar-refractivity contribution in [2.75, 3.05) is 0 Å². The van der Waals surface area contributed by atoms with Crippen LogP contribution in [0.1, 0.15) is 11.1 Å². The maximum absolute atomic E-state index is 6.19. The van der Waals surface area contributed by atoms with E-state index in [0.29, 0.717) is 10.0 Å². The largest absolute Gasteiger partial charge is 0.327 e. The molecule has 0 spiro atoms. The Morgan fingerprint density at radius 2 is 1.47 bits per heavy atom. The summed E-state index contributed by atoms with van der Waals surface area (Å²) < 4.78 is 1.24. The number of rotatable bonds is 4. The van der Waals surface area contributed by atoms with Crippen LogP contribution in [0.25, 0.3) is 0 Å². The quantitative estimate of drug-likeness (QED) is 0.732. The molecule has 0 saturated heterocycles. The lowest BCUT2D eigenvalue weighted by atomic mass is 10.00. The van der Waals surface area contributed by atoms with Crippen LogP contribution in [0.15, 0.2) is 42.5 Å². The lowest BCUT2D eigenvalue weighted by Gasteiger charge is -2.12. The van der Waals surface area contributed by atoms with Gasteiger partial charge in [-0.1, -0.05) is 41.4 Å². The Labute approximate surface area is 137 Å². The highest BCUT2D eigenvalue weighted by Crippen LogP contribution is 2.23. The first kappa shape index (κ1) is 15.1. The summed E-state index contributed by atoms with van der Waals surface area (Å²) in [6.45, 7) is 0. The minimum atomic E-state index is 0.0808. The number of hydrogen-bond acceptors (Lipinski definition) is 1. The van der Waals surface area contributed by atoms with Gasteiger partial charge in [-0.15, -0.1) is 0 Å². The summed E-state index contributed by atoms with van der Waals surface area (Å²) >= 11 is 14.2. The minimum absolute atomic E-state index is 0.0808. The predicted molar refractivity (Wildman–Crippen MR) is 91.0 cm³/mol. The lowest BCUT2D eigenvalue weighted by molar-refractivity contribution is 0.665. The number of hydrogen-bond donors (Lipinski definition) is 1. The molecule has 0 aliphatic heterocycles. The Bertz CT molecular complexity index is 555. The van der Waals surface area contributed by atoms with Crippen LogP contribution < -0.4 is 5.73 Å². The van der Waals surface area contributed by atoms with E-state index in [0.717, 1.165) is 18.4 Å². The van der Waals surface area contributed by atoms with Crippen LogP contribution in [-0.2, 0) is 12.8 Å². The van der Waals surface area contributed by atoms with Gasteiger partial charge in [-0.2, -0.15) is 0 Å². The number of benzene rings is 2. The van der Waals surface area contributed by atoms with Crippen molar-refractivity contribution in [1.82, 2.24) is 0 Å². The van der Waals surface area contributed by atoms with Crippen LogP contribution in [0.5, 0.6) is 0 Å². The molecule has 0 aliphatic carbocycles. The average Bonchev–Trinajstić information content (AvgIpc) is 2.37. The van der Waals surface area contributed by atoms with Crippen molar-refractivity contribution in [2.45, 2.75) is 18.9 Å². The van der Waals surface area contributed by atoms with Gasteiger partial charge in [-0.05, 0) is 70.8 Å². The molecule has 1 unspecified atom stereocenters. The van der Waals surface area contributed by atoms with Crippen molar-refractivity contribution >= 4 is 45.8 Å². The molecule has 2 aromatic rings. The molecule has 2 aromatic carbocycles. The molecular formula is C15H14Cl2IN. The third kappa shape index (κ3) is 4.63. The highest BCUT2D eigenvalue weighted by atomic mass is 127. The van der Waals surface area contributed by atoms with E-state index in [9.17, 15) is 0 Å². The Hall–Kier alpha value is -0.290. The molecule has 0 saturated carbocycles. The molecule has 100 valence electrons. The van der Waals surface area contributed by atoms with Crippen LogP contribution in [0.3, 0.4) is 0 Å². The van der Waals surface area contributed by atoms with Crippen molar-refractivity contribution in [3.05, 3.63) is 67.2 Å². The molecule has 2 N–H and O–H groups in total. The summed E-state index contributed by atoms with van der Waals surface area (Å²) in [5.41, 5.74) is 8.56. The average molecular weight is 406 g/mol. The molecule has 0 radical (unpaired) electrons. The fourth-order valence-electron chi connectivity index (χ4n) is 1.96. The summed E-state index contributed by atoms with van der Waals surface area (Å²) in [6, 6.07) is 14.2. The van der Waals surface area contributed by atoms with Crippen LogP contribution in [0.4, 0.5) is 0 Å². The Morgan fingerprint density at radius 3 is 2.11 bits per heavy atom. The second-order valence-electron chi connectivity index (χ2n) is 4.54. The van der Waals surface area contributed by atoms with E-state index in [4.69, 9.17) is 28.9 Å². The zero-order valence-electron chi connectivity index (χ0n) is 10.2. The molecule has 0 aromatic heterocycles. The number of nitrogens with two attached hydrogens (primary N) is 1. The van der Waals surface area contributed by atoms with Gasteiger partial charge in [-0.25, -0.2) is 0 Å². The highest BCUT2D eigenvalue weighted by molar-refractivity contribution is 14.1. The summed E-state index contributed by atoms with van der Waals surface area (Å²) in [5.74, 6) is 0. The molecule has 0 fully saturated rings. The topological polar surface area (TPSA) is 26.0 Å². The van der Waals surface area contributed by atoms with Crippen molar-refractivity contribution in [3.63, 3.8) is 0 Å². The summed E-state index contributed by atoms with van der Waals surface area (Å²) in [7, 11) is 0. The third-order valence-corrected chi connectivity index (χ3v) is 4.35. The summed E-state index contributed by atoms with van der Waals surface area (Å²) in [4.78, 5) is 0. The number of halogens is 3. The van der Waals surface area contributed by atoms with Gasteiger partial charge in [0.15, 0.2) is 0 Å². The van der Waals surface area contributed by atoms with E-state index in [1.165, 1.54) is 9.13 Å². The second kappa shape index (κ2) is 6.93. The molecule has 0 amide bonds. The van der Waals surface area contributed by atoms with Gasteiger partial charge in [-0.3, -0.25) is 0 Å². The maximum Gasteiger partial charge on any atom is 0.0595 e. The first-order valence-corrected chi connectivity index (χ1v) is 7.82. The van der Waals surface area contributed by atoms with Crippen molar-refractivity contribution in [1.29, 1.82) is 0 Å². The molecule has 1 atom stereocenters. The summed E-state index contributed by atoms with van der Waals surface area (Å²) in [5, 5.41) is 1.16. The van der Waals surface area contributed by atoms with Gasteiger partial charge in [0.1, 0.15) is 0 Å². The zero-order chi connectivity index (χ0) is 13.8. The van der Waals surface area contributed by atoms with E-state index in [1.54, 1.807) is 0 Å². The highest BCUT2D eigenvalue weighted by Gasteiger charge is 2.07. The first-order valence-electron chi connectivity index (χ1n) is 5.98. The van der Waals surface area contributed by atoms with E-state index in [1.807, 2.05) is 18.2 Å². The van der Waals surface area contributed by atoms with E-state index < -0.39 is 0 Å². The van der Waals surface area contributed by atoms with Crippen molar-refractivity contribution in [2.24, 2.45) is 5.73 Å². The Balaban J connectivity index is 1.98. The van der Waals surface area contributed by atoms with Crippen LogP contribution in [0.2, 0.25) is 10.0 Å². The van der Waals surface area contributed by atoms with Gasteiger partial charge in [0.05, 0.1) is 10.0 Å². The minimum Gasteiger partial charge on any atom is -0.327 e. The van der Waals surface area contributed by atoms with Crippen molar-refractivity contribution < 1.29 is 0 Å². The third-order valence-electron chi connectivity index (χ3n) is 2.89. The fraction of sp³-hybridized carbons (Fsp3) is 0.200. The maximum atomic E-state index is 6.19. The second-order valence-corrected chi connectivity index (χ2v) is 6.60. The molecular weight excluding hydrogens is 392 g/mol. The van der Waals surface area contributed by atoms with Gasteiger partial charge in [0.2, 0.25) is 0 Å². The standard InChI is InChI=1S/C15H14Cl2IN/c16-14-6-3-11(9-15(14)17)8-13(19)7-10-1-4-12(18)5-2-10/h1-6,9,13H,7-8,19H2. The van der Waals surface area contributed by atoms with Gasteiger partial charge >= 0.3 is 0 Å². The van der Waals surface area contributed by atoms with Crippen LogP contribution >= 0.6 is 45.8 Å². The van der Waals surface area contributed by atoms with E-state index in [2.05, 4.69) is 46.9 Å². The van der Waals surface area contributed by atoms with Gasteiger partial charge in [0.25, 0.3) is 0 Å². The van der Waals surface area contributed by atoms with E-state index >= 15 is 0 Å². The molecule has 0 bridgehead atoms. The Kier molecular flexibility index (Phi) is 5.51. The molecule has 4 heteroatoms. The molecule has 1 nitrogen and oxygen atoms in total. The normalized spacial score (nSPS) is 12.4. The summed E-state index contributed by atoms with van der Waals surface area (Å²) in [6.07, 6.45) is 1.65.